The van der Waals surface area contributed by atoms with Crippen LogP contribution in [0.15, 0.2) is 23.3 Å². The number of allylic oxidation sites excluding steroid dienone is 2. The van der Waals surface area contributed by atoms with E-state index in [0.717, 1.165) is 24.0 Å². The standard InChI is InChI=1S/C14H16O3/c1-8-10-6-9-4-3-5-12(15)14(9,2)7-11(10)17-13(8)16/h3,5,9,11H,4,6-7H2,1-2H3/t9-,11+,14-/m1/s1. The first-order chi connectivity index (χ1) is 8.02. The topological polar surface area (TPSA) is 43.4 Å². The van der Waals surface area contributed by atoms with E-state index in [1.165, 1.54) is 0 Å². The van der Waals surface area contributed by atoms with Crippen LogP contribution in [-0.2, 0) is 14.3 Å². The summed E-state index contributed by atoms with van der Waals surface area (Å²) in [5.41, 5.74) is 1.55. The number of esters is 1. The molecule has 0 radical (unpaired) electrons. The molecule has 0 N–H and O–H groups in total. The van der Waals surface area contributed by atoms with Gasteiger partial charge in [-0.25, -0.2) is 4.79 Å². The number of hydrogen-bond acceptors (Lipinski definition) is 3. The SMILES string of the molecule is CC1=C2C[C@H]3CC=CC(=O)[C@]3(C)C[C@@H]2OC1=O. The van der Waals surface area contributed by atoms with Gasteiger partial charge in [0, 0.05) is 17.4 Å². The van der Waals surface area contributed by atoms with Crippen LogP contribution in [0.4, 0.5) is 0 Å². The van der Waals surface area contributed by atoms with Crippen molar-refractivity contribution >= 4 is 11.8 Å². The maximum atomic E-state index is 12.1. The van der Waals surface area contributed by atoms with Crippen molar-refractivity contribution in [3.63, 3.8) is 0 Å². The van der Waals surface area contributed by atoms with Crippen molar-refractivity contribution in [2.45, 2.75) is 39.2 Å². The van der Waals surface area contributed by atoms with Gasteiger partial charge in [0.25, 0.3) is 0 Å². The fourth-order valence-electron chi connectivity index (χ4n) is 3.33. The number of rotatable bonds is 0. The zero-order chi connectivity index (χ0) is 12.2. The molecule has 1 heterocycles. The summed E-state index contributed by atoms with van der Waals surface area (Å²) in [6.45, 7) is 3.85. The van der Waals surface area contributed by atoms with Gasteiger partial charge in [0.05, 0.1) is 0 Å². The maximum Gasteiger partial charge on any atom is 0.334 e. The average Bonchev–Trinajstić information content (AvgIpc) is 2.54. The number of carbonyl (C=O) groups excluding carboxylic acids is 2. The molecule has 0 saturated heterocycles. The first kappa shape index (κ1) is 10.8. The van der Waals surface area contributed by atoms with E-state index in [0.29, 0.717) is 12.3 Å². The molecule has 0 amide bonds. The van der Waals surface area contributed by atoms with E-state index in [4.69, 9.17) is 4.74 Å². The molecule has 0 bridgehead atoms. The summed E-state index contributed by atoms with van der Waals surface area (Å²) in [6.07, 6.45) is 5.91. The third-order valence-corrected chi connectivity index (χ3v) is 4.66. The van der Waals surface area contributed by atoms with E-state index in [1.54, 1.807) is 6.08 Å². The lowest BCUT2D eigenvalue weighted by Gasteiger charge is -2.43. The van der Waals surface area contributed by atoms with Gasteiger partial charge in [-0.2, -0.15) is 0 Å². The Morgan fingerprint density at radius 2 is 2.18 bits per heavy atom. The van der Waals surface area contributed by atoms with Gasteiger partial charge in [-0.3, -0.25) is 4.79 Å². The quantitative estimate of drug-likeness (QED) is 0.601. The molecule has 90 valence electrons. The van der Waals surface area contributed by atoms with E-state index >= 15 is 0 Å². The molecular weight excluding hydrogens is 216 g/mol. The van der Waals surface area contributed by atoms with Gasteiger partial charge < -0.3 is 4.74 Å². The smallest absolute Gasteiger partial charge is 0.334 e. The van der Waals surface area contributed by atoms with Crippen molar-refractivity contribution in [1.29, 1.82) is 0 Å². The Labute approximate surface area is 101 Å². The summed E-state index contributed by atoms with van der Waals surface area (Å²) in [7, 11) is 0. The Hall–Kier alpha value is -1.38. The minimum absolute atomic E-state index is 0.154. The summed E-state index contributed by atoms with van der Waals surface area (Å²) in [6, 6.07) is 0. The van der Waals surface area contributed by atoms with Gasteiger partial charge in [-0.05, 0) is 37.3 Å². The van der Waals surface area contributed by atoms with Crippen LogP contribution < -0.4 is 0 Å². The summed E-state index contributed by atoms with van der Waals surface area (Å²) in [4.78, 5) is 23.6. The first-order valence-corrected chi connectivity index (χ1v) is 6.14. The van der Waals surface area contributed by atoms with E-state index in [1.807, 2.05) is 19.9 Å². The number of ether oxygens (including phenoxy) is 1. The van der Waals surface area contributed by atoms with Crippen LogP contribution in [0.2, 0.25) is 0 Å². The Morgan fingerprint density at radius 3 is 2.94 bits per heavy atom. The lowest BCUT2D eigenvalue weighted by Crippen LogP contribution is -2.44. The summed E-state index contributed by atoms with van der Waals surface area (Å²) in [5, 5.41) is 0. The van der Waals surface area contributed by atoms with Crippen molar-refractivity contribution in [3.05, 3.63) is 23.3 Å². The molecule has 1 aliphatic heterocycles. The Morgan fingerprint density at radius 1 is 1.41 bits per heavy atom. The van der Waals surface area contributed by atoms with E-state index in [9.17, 15) is 9.59 Å². The first-order valence-electron chi connectivity index (χ1n) is 6.14. The highest BCUT2D eigenvalue weighted by molar-refractivity contribution is 5.97. The minimum atomic E-state index is -0.339. The molecule has 17 heavy (non-hydrogen) atoms. The molecule has 2 aliphatic carbocycles. The van der Waals surface area contributed by atoms with Gasteiger partial charge >= 0.3 is 5.97 Å². The van der Waals surface area contributed by atoms with Crippen molar-refractivity contribution in [2.24, 2.45) is 11.3 Å². The molecule has 0 aromatic heterocycles. The number of carbonyl (C=O) groups is 2. The molecule has 3 rings (SSSR count). The van der Waals surface area contributed by atoms with Crippen LogP contribution in [0.25, 0.3) is 0 Å². The van der Waals surface area contributed by atoms with Crippen molar-refractivity contribution in [1.82, 2.24) is 0 Å². The van der Waals surface area contributed by atoms with Crippen molar-refractivity contribution < 1.29 is 14.3 Å². The molecule has 1 fully saturated rings. The average molecular weight is 232 g/mol. The number of fused-ring (bicyclic) bond motifs is 2. The molecule has 3 nitrogen and oxygen atoms in total. The highest BCUT2D eigenvalue weighted by atomic mass is 16.5. The molecule has 3 atom stereocenters. The lowest BCUT2D eigenvalue weighted by molar-refractivity contribution is -0.144. The second-order valence-corrected chi connectivity index (χ2v) is 5.57. The van der Waals surface area contributed by atoms with Crippen LogP contribution in [0.5, 0.6) is 0 Å². The highest BCUT2D eigenvalue weighted by Gasteiger charge is 2.50. The van der Waals surface area contributed by atoms with Crippen LogP contribution in [0, 0.1) is 11.3 Å². The van der Waals surface area contributed by atoms with Gasteiger partial charge in [0.1, 0.15) is 6.10 Å². The molecule has 0 aromatic carbocycles. The monoisotopic (exact) mass is 232 g/mol. The Bertz CT molecular complexity index is 472. The Kier molecular flexibility index (Phi) is 2.09. The second kappa shape index (κ2) is 3.31. The van der Waals surface area contributed by atoms with Crippen molar-refractivity contribution in [3.8, 4) is 0 Å². The van der Waals surface area contributed by atoms with Crippen molar-refractivity contribution in [2.75, 3.05) is 0 Å². The molecule has 3 aliphatic rings. The number of ketones is 1. The molecule has 0 aromatic rings. The van der Waals surface area contributed by atoms with Crippen LogP contribution >= 0.6 is 0 Å². The zero-order valence-corrected chi connectivity index (χ0v) is 10.2. The number of hydrogen-bond donors (Lipinski definition) is 0. The van der Waals surface area contributed by atoms with Gasteiger partial charge in [0.15, 0.2) is 5.78 Å². The molecule has 0 spiro atoms. The largest absolute Gasteiger partial charge is 0.454 e. The normalized spacial score (nSPS) is 40.1. The van der Waals surface area contributed by atoms with Gasteiger partial charge in [-0.1, -0.05) is 13.0 Å². The fraction of sp³-hybridized carbons (Fsp3) is 0.571. The van der Waals surface area contributed by atoms with E-state index in [-0.39, 0.29) is 23.3 Å². The summed E-state index contributed by atoms with van der Waals surface area (Å²) < 4.78 is 5.35. The third-order valence-electron chi connectivity index (χ3n) is 4.66. The molecular formula is C14H16O3. The predicted molar refractivity (Wildman–Crippen MR) is 62.2 cm³/mol. The Balaban J connectivity index is 2.00. The van der Waals surface area contributed by atoms with Crippen LogP contribution in [-0.4, -0.2) is 17.9 Å². The van der Waals surface area contributed by atoms with E-state index in [2.05, 4.69) is 0 Å². The lowest BCUT2D eigenvalue weighted by atomic mass is 9.60. The maximum absolute atomic E-state index is 12.1. The van der Waals surface area contributed by atoms with E-state index < -0.39 is 0 Å². The second-order valence-electron chi connectivity index (χ2n) is 5.57. The molecule has 0 unspecified atom stereocenters. The predicted octanol–water partition coefficient (Wildman–Crippen LogP) is 2.17. The minimum Gasteiger partial charge on any atom is -0.454 e. The summed E-state index contributed by atoms with van der Waals surface area (Å²) in [5.74, 6) is 0.316. The molecule has 1 saturated carbocycles. The summed E-state index contributed by atoms with van der Waals surface area (Å²) >= 11 is 0. The molecule has 3 heteroatoms. The third kappa shape index (κ3) is 1.34. The highest BCUT2D eigenvalue weighted by Crippen LogP contribution is 2.51. The zero-order valence-electron chi connectivity index (χ0n) is 10.2. The van der Waals surface area contributed by atoms with Gasteiger partial charge in [-0.15, -0.1) is 0 Å². The van der Waals surface area contributed by atoms with Crippen LogP contribution in [0.1, 0.15) is 33.1 Å². The van der Waals surface area contributed by atoms with Crippen LogP contribution in [0.3, 0.4) is 0 Å². The van der Waals surface area contributed by atoms with Gasteiger partial charge in [0.2, 0.25) is 0 Å². The fourth-order valence-corrected chi connectivity index (χ4v) is 3.33.